The van der Waals surface area contributed by atoms with Gasteiger partial charge in [-0.25, -0.2) is 9.18 Å². The maximum atomic E-state index is 12.9. The zero-order chi connectivity index (χ0) is 17.7. The second-order valence-corrected chi connectivity index (χ2v) is 5.39. The summed E-state index contributed by atoms with van der Waals surface area (Å²) < 4.78 is 18.0. The summed E-state index contributed by atoms with van der Waals surface area (Å²) in [6.45, 7) is 1.45. The first-order chi connectivity index (χ1) is 11.4. The molecule has 0 saturated heterocycles. The lowest BCUT2D eigenvalue weighted by molar-refractivity contribution is -0.148. The fourth-order valence-electron chi connectivity index (χ4n) is 2.02. The van der Waals surface area contributed by atoms with Crippen molar-refractivity contribution >= 4 is 11.9 Å². The predicted octanol–water partition coefficient (Wildman–Crippen LogP) is 2.13. The molecule has 0 saturated carbocycles. The topological polar surface area (TPSA) is 96.5 Å². The third-order valence-corrected chi connectivity index (χ3v) is 3.68. The highest BCUT2D eigenvalue weighted by molar-refractivity contribution is 5.83. The van der Waals surface area contributed by atoms with Crippen molar-refractivity contribution in [3.63, 3.8) is 0 Å². The van der Waals surface area contributed by atoms with Crippen LogP contribution in [0.1, 0.15) is 25.7 Å². The number of carboxylic acid groups (broad SMARTS) is 1. The fourth-order valence-corrected chi connectivity index (χ4v) is 2.02. The van der Waals surface area contributed by atoms with Crippen LogP contribution in [0.2, 0.25) is 0 Å². The van der Waals surface area contributed by atoms with E-state index in [1.54, 1.807) is 12.1 Å². The predicted molar refractivity (Wildman–Crippen MR) is 82.5 cm³/mol. The SMILES string of the molecule is CC(C(=O)O)N(C)C(=O)CCCc1nc(-c2ccc(F)cc2)no1. The molecule has 1 atom stereocenters. The van der Waals surface area contributed by atoms with Crippen LogP contribution in [0.15, 0.2) is 28.8 Å². The van der Waals surface area contributed by atoms with E-state index < -0.39 is 12.0 Å². The van der Waals surface area contributed by atoms with Gasteiger partial charge in [-0.3, -0.25) is 4.79 Å². The summed E-state index contributed by atoms with van der Waals surface area (Å²) in [5, 5.41) is 12.7. The van der Waals surface area contributed by atoms with E-state index in [1.807, 2.05) is 0 Å². The van der Waals surface area contributed by atoms with Crippen LogP contribution in [0.5, 0.6) is 0 Å². The summed E-state index contributed by atoms with van der Waals surface area (Å²) in [4.78, 5) is 28.1. The summed E-state index contributed by atoms with van der Waals surface area (Å²) in [5.41, 5.74) is 0.637. The van der Waals surface area contributed by atoms with E-state index in [2.05, 4.69) is 10.1 Å². The molecular formula is C16H18FN3O4. The molecule has 0 bridgehead atoms. The molecule has 0 spiro atoms. The molecule has 7 nitrogen and oxygen atoms in total. The van der Waals surface area contributed by atoms with Gasteiger partial charge in [-0.1, -0.05) is 5.16 Å². The van der Waals surface area contributed by atoms with Crippen molar-refractivity contribution in [1.82, 2.24) is 15.0 Å². The van der Waals surface area contributed by atoms with Gasteiger partial charge < -0.3 is 14.5 Å². The van der Waals surface area contributed by atoms with Crippen LogP contribution in [0.3, 0.4) is 0 Å². The molecule has 128 valence electrons. The number of nitrogens with zero attached hydrogens (tertiary/aromatic N) is 3. The Bertz CT molecular complexity index is 714. The normalized spacial score (nSPS) is 12.0. The van der Waals surface area contributed by atoms with Crippen LogP contribution in [-0.2, 0) is 16.0 Å². The second kappa shape index (κ2) is 7.67. The maximum absolute atomic E-state index is 12.9. The van der Waals surface area contributed by atoms with Crippen LogP contribution in [0, 0.1) is 5.82 Å². The number of benzene rings is 1. The zero-order valence-electron chi connectivity index (χ0n) is 13.4. The molecule has 1 heterocycles. The highest BCUT2D eigenvalue weighted by atomic mass is 19.1. The molecule has 1 aromatic carbocycles. The number of carbonyl (C=O) groups is 2. The number of aryl methyl sites for hydroxylation is 1. The molecular weight excluding hydrogens is 317 g/mol. The minimum Gasteiger partial charge on any atom is -0.480 e. The van der Waals surface area contributed by atoms with E-state index in [9.17, 15) is 14.0 Å². The number of aliphatic carboxylic acids is 1. The number of amides is 1. The standard InChI is InChI=1S/C16H18FN3O4/c1-10(16(22)23)20(2)14(21)5-3-4-13-18-15(19-24-13)11-6-8-12(17)9-7-11/h6-10H,3-5H2,1-2H3,(H,22,23). The highest BCUT2D eigenvalue weighted by Crippen LogP contribution is 2.17. The third kappa shape index (κ3) is 4.37. The fraction of sp³-hybridized carbons (Fsp3) is 0.375. The molecule has 1 aromatic heterocycles. The average Bonchev–Trinajstić information content (AvgIpc) is 3.02. The van der Waals surface area contributed by atoms with Gasteiger partial charge in [-0.05, 0) is 37.6 Å². The maximum Gasteiger partial charge on any atom is 0.326 e. The van der Waals surface area contributed by atoms with Gasteiger partial charge in [0, 0.05) is 25.5 Å². The minimum atomic E-state index is -1.05. The Kier molecular flexibility index (Phi) is 5.62. The van der Waals surface area contributed by atoms with Crippen LogP contribution < -0.4 is 0 Å². The smallest absolute Gasteiger partial charge is 0.326 e. The molecule has 24 heavy (non-hydrogen) atoms. The zero-order valence-corrected chi connectivity index (χ0v) is 13.4. The monoisotopic (exact) mass is 335 g/mol. The highest BCUT2D eigenvalue weighted by Gasteiger charge is 2.21. The molecule has 1 N–H and O–H groups in total. The van der Waals surface area contributed by atoms with E-state index in [4.69, 9.17) is 9.63 Å². The lowest BCUT2D eigenvalue weighted by Crippen LogP contribution is -2.40. The van der Waals surface area contributed by atoms with Crippen LogP contribution in [0.4, 0.5) is 4.39 Å². The lowest BCUT2D eigenvalue weighted by atomic mass is 10.2. The number of hydrogen-bond acceptors (Lipinski definition) is 5. The first-order valence-corrected chi connectivity index (χ1v) is 7.45. The van der Waals surface area contributed by atoms with Crippen LogP contribution >= 0.6 is 0 Å². The molecule has 0 aliphatic heterocycles. The van der Waals surface area contributed by atoms with Gasteiger partial charge in [-0.15, -0.1) is 0 Å². The number of carboxylic acids is 1. The van der Waals surface area contributed by atoms with Crippen molar-refractivity contribution in [1.29, 1.82) is 0 Å². The number of carbonyl (C=O) groups excluding carboxylic acids is 1. The molecule has 8 heteroatoms. The number of likely N-dealkylation sites (N-methyl/N-ethyl adjacent to an activating group) is 1. The Labute approximate surface area is 138 Å². The summed E-state index contributed by atoms with van der Waals surface area (Å²) >= 11 is 0. The van der Waals surface area contributed by atoms with Gasteiger partial charge in [0.05, 0.1) is 0 Å². The summed E-state index contributed by atoms with van der Waals surface area (Å²) in [6, 6.07) is 4.85. The van der Waals surface area contributed by atoms with Crippen LogP contribution in [0.25, 0.3) is 11.4 Å². The molecule has 0 fully saturated rings. The minimum absolute atomic E-state index is 0.183. The Morgan fingerprint density at radius 3 is 2.62 bits per heavy atom. The van der Waals surface area contributed by atoms with E-state index in [0.717, 1.165) is 0 Å². The number of rotatable bonds is 7. The third-order valence-electron chi connectivity index (χ3n) is 3.68. The van der Waals surface area contributed by atoms with E-state index in [0.29, 0.717) is 30.1 Å². The number of aromatic nitrogens is 2. The largest absolute Gasteiger partial charge is 0.480 e. The molecule has 0 aliphatic rings. The Morgan fingerprint density at radius 1 is 1.33 bits per heavy atom. The lowest BCUT2D eigenvalue weighted by Gasteiger charge is -2.21. The van der Waals surface area contributed by atoms with Crippen molar-refractivity contribution in [3.05, 3.63) is 36.0 Å². The molecule has 1 amide bonds. The van der Waals surface area contributed by atoms with Crippen molar-refractivity contribution in [2.75, 3.05) is 7.05 Å². The van der Waals surface area contributed by atoms with E-state index in [1.165, 1.54) is 31.0 Å². The van der Waals surface area contributed by atoms with Crippen molar-refractivity contribution in [2.24, 2.45) is 0 Å². The number of halogens is 1. The van der Waals surface area contributed by atoms with Crippen molar-refractivity contribution in [2.45, 2.75) is 32.2 Å². The Hall–Kier alpha value is -2.77. The first-order valence-electron chi connectivity index (χ1n) is 7.45. The Balaban J connectivity index is 1.86. The van der Waals surface area contributed by atoms with Crippen molar-refractivity contribution < 1.29 is 23.6 Å². The Morgan fingerprint density at radius 2 is 2.00 bits per heavy atom. The van der Waals surface area contributed by atoms with E-state index >= 15 is 0 Å². The summed E-state index contributed by atoms with van der Waals surface area (Å²) in [5.74, 6) is -0.931. The first kappa shape index (κ1) is 17.6. The molecule has 0 aliphatic carbocycles. The molecule has 1 unspecified atom stereocenters. The van der Waals surface area contributed by atoms with Crippen LogP contribution in [-0.4, -0.2) is 45.1 Å². The van der Waals surface area contributed by atoms with Gasteiger partial charge in [0.25, 0.3) is 0 Å². The summed E-state index contributed by atoms with van der Waals surface area (Å²) in [7, 11) is 1.46. The van der Waals surface area contributed by atoms with Crippen molar-refractivity contribution in [3.8, 4) is 11.4 Å². The van der Waals surface area contributed by atoms with Gasteiger partial charge >= 0.3 is 5.97 Å². The van der Waals surface area contributed by atoms with Gasteiger partial charge in [0.2, 0.25) is 17.6 Å². The number of hydrogen-bond donors (Lipinski definition) is 1. The molecule has 2 aromatic rings. The van der Waals surface area contributed by atoms with Gasteiger partial charge in [0.1, 0.15) is 11.9 Å². The second-order valence-electron chi connectivity index (χ2n) is 5.39. The van der Waals surface area contributed by atoms with Gasteiger partial charge in [0.15, 0.2) is 0 Å². The quantitative estimate of drug-likeness (QED) is 0.832. The average molecular weight is 335 g/mol. The van der Waals surface area contributed by atoms with E-state index in [-0.39, 0.29) is 18.1 Å². The van der Waals surface area contributed by atoms with Gasteiger partial charge in [-0.2, -0.15) is 4.98 Å². The molecule has 2 rings (SSSR count). The summed E-state index contributed by atoms with van der Waals surface area (Å²) in [6.07, 6.45) is 1.04. The molecule has 0 radical (unpaired) electrons.